The average molecular weight is 270 g/mol. The molecule has 0 aliphatic rings. The zero-order valence-corrected chi connectivity index (χ0v) is 11.3. The van der Waals surface area contributed by atoms with Gasteiger partial charge in [0.2, 0.25) is 5.91 Å². The van der Waals surface area contributed by atoms with Gasteiger partial charge in [-0.15, -0.1) is 0 Å². The minimum Gasteiger partial charge on any atom is -0.384 e. The number of rotatable bonds is 6. The first-order chi connectivity index (χ1) is 8.33. The van der Waals surface area contributed by atoms with E-state index in [1.165, 1.54) is 0 Å². The van der Waals surface area contributed by atoms with Crippen molar-refractivity contribution in [3.63, 3.8) is 0 Å². The van der Waals surface area contributed by atoms with E-state index in [4.69, 9.17) is 5.73 Å². The van der Waals surface area contributed by atoms with Crippen LogP contribution in [0, 0.1) is 0 Å². The van der Waals surface area contributed by atoms with Crippen molar-refractivity contribution in [3.05, 3.63) is 29.8 Å². The van der Waals surface area contributed by atoms with E-state index < -0.39 is 15.7 Å². The van der Waals surface area contributed by atoms with Gasteiger partial charge >= 0.3 is 0 Å². The van der Waals surface area contributed by atoms with Gasteiger partial charge in [-0.25, -0.2) is 8.42 Å². The topological polar surface area (TPSA) is 89.3 Å². The monoisotopic (exact) mass is 270 g/mol. The van der Waals surface area contributed by atoms with Gasteiger partial charge in [0.25, 0.3) is 0 Å². The lowest BCUT2D eigenvalue weighted by molar-refractivity contribution is 0.100. The molecule has 0 saturated heterocycles. The number of hydrogen-bond donors (Lipinski definition) is 2. The predicted octanol–water partition coefficient (Wildman–Crippen LogP) is 1.02. The van der Waals surface area contributed by atoms with E-state index >= 15 is 0 Å². The van der Waals surface area contributed by atoms with Crippen molar-refractivity contribution in [1.82, 2.24) is 0 Å². The van der Waals surface area contributed by atoms with E-state index in [0.29, 0.717) is 17.8 Å². The minimum atomic E-state index is -3.05. The fourth-order valence-corrected chi connectivity index (χ4v) is 2.21. The quantitative estimate of drug-likeness (QED) is 0.807. The Kier molecular flexibility index (Phi) is 4.72. The Morgan fingerprint density at radius 2 is 2.06 bits per heavy atom. The van der Waals surface area contributed by atoms with Crippen LogP contribution in [0.5, 0.6) is 0 Å². The van der Waals surface area contributed by atoms with Gasteiger partial charge < -0.3 is 11.1 Å². The number of carbonyl (C=O) groups is 1. The smallest absolute Gasteiger partial charge is 0.248 e. The third kappa shape index (κ3) is 4.03. The van der Waals surface area contributed by atoms with Crippen molar-refractivity contribution in [3.8, 4) is 0 Å². The second-order valence-electron chi connectivity index (χ2n) is 4.29. The van der Waals surface area contributed by atoms with Crippen molar-refractivity contribution in [2.45, 2.75) is 19.1 Å². The molecule has 100 valence electrons. The van der Waals surface area contributed by atoms with Crippen LogP contribution in [0.4, 0.5) is 5.69 Å². The molecule has 0 radical (unpaired) electrons. The summed E-state index contributed by atoms with van der Waals surface area (Å²) in [7, 11) is -3.05. The molecule has 0 fully saturated rings. The zero-order chi connectivity index (χ0) is 13.8. The summed E-state index contributed by atoms with van der Waals surface area (Å²) in [5.74, 6) is -0.445. The molecule has 1 aromatic rings. The van der Waals surface area contributed by atoms with Crippen LogP contribution in [-0.2, 0) is 9.84 Å². The first-order valence-electron chi connectivity index (χ1n) is 5.68. The molecule has 0 bridgehead atoms. The van der Waals surface area contributed by atoms with E-state index in [1.54, 1.807) is 38.1 Å². The van der Waals surface area contributed by atoms with E-state index in [-0.39, 0.29) is 11.0 Å². The highest BCUT2D eigenvalue weighted by Crippen LogP contribution is 2.10. The van der Waals surface area contributed by atoms with Gasteiger partial charge in [0.1, 0.15) is 0 Å². The van der Waals surface area contributed by atoms with Crippen LogP contribution >= 0.6 is 0 Å². The summed E-state index contributed by atoms with van der Waals surface area (Å²) in [6, 6.07) is 6.66. The summed E-state index contributed by atoms with van der Waals surface area (Å²) < 4.78 is 23.2. The van der Waals surface area contributed by atoms with Gasteiger partial charge in [-0.3, -0.25) is 4.79 Å². The van der Waals surface area contributed by atoms with E-state index in [9.17, 15) is 13.2 Å². The summed E-state index contributed by atoms with van der Waals surface area (Å²) >= 11 is 0. The molecule has 6 heteroatoms. The average Bonchev–Trinajstić information content (AvgIpc) is 2.29. The van der Waals surface area contributed by atoms with Crippen molar-refractivity contribution in [2.24, 2.45) is 5.73 Å². The molecule has 0 saturated carbocycles. The van der Waals surface area contributed by atoms with E-state index in [0.717, 1.165) is 0 Å². The highest BCUT2D eigenvalue weighted by molar-refractivity contribution is 7.92. The fraction of sp³-hybridized carbons (Fsp3) is 0.417. The second kappa shape index (κ2) is 5.86. The van der Waals surface area contributed by atoms with Crippen molar-refractivity contribution in [1.29, 1.82) is 0 Å². The number of amides is 1. The molecule has 0 heterocycles. The Morgan fingerprint density at radius 3 is 2.61 bits per heavy atom. The van der Waals surface area contributed by atoms with E-state index in [2.05, 4.69) is 5.32 Å². The maximum absolute atomic E-state index is 11.6. The van der Waals surface area contributed by atoms with Crippen molar-refractivity contribution < 1.29 is 13.2 Å². The maximum atomic E-state index is 11.6. The SMILES string of the molecule is CC(C)S(=O)(=O)CCNc1cccc(C(N)=O)c1. The van der Waals surface area contributed by atoms with E-state index in [1.807, 2.05) is 0 Å². The van der Waals surface area contributed by atoms with Crippen LogP contribution in [-0.4, -0.2) is 31.9 Å². The molecule has 0 atom stereocenters. The molecule has 5 nitrogen and oxygen atoms in total. The number of nitrogens with one attached hydrogen (secondary N) is 1. The molecular weight excluding hydrogens is 252 g/mol. The summed E-state index contributed by atoms with van der Waals surface area (Å²) in [5.41, 5.74) is 6.24. The normalized spacial score (nSPS) is 11.5. The van der Waals surface area contributed by atoms with Crippen molar-refractivity contribution in [2.75, 3.05) is 17.6 Å². The molecule has 0 aliphatic heterocycles. The van der Waals surface area contributed by atoms with Crippen LogP contribution in [0.1, 0.15) is 24.2 Å². The fourth-order valence-electron chi connectivity index (χ4n) is 1.36. The van der Waals surface area contributed by atoms with Crippen LogP contribution in [0.2, 0.25) is 0 Å². The number of nitrogens with two attached hydrogens (primary N) is 1. The standard InChI is InChI=1S/C12H18N2O3S/c1-9(2)18(16,17)7-6-14-11-5-3-4-10(8-11)12(13)15/h3-5,8-9,14H,6-7H2,1-2H3,(H2,13,15). The van der Waals surface area contributed by atoms with Gasteiger partial charge in [-0.05, 0) is 32.0 Å². The molecule has 3 N–H and O–H groups in total. The highest BCUT2D eigenvalue weighted by atomic mass is 32.2. The lowest BCUT2D eigenvalue weighted by Gasteiger charge is -2.10. The summed E-state index contributed by atoms with van der Waals surface area (Å²) in [4.78, 5) is 11.0. The first-order valence-corrected chi connectivity index (χ1v) is 7.40. The van der Waals surface area contributed by atoms with Gasteiger partial charge in [0.05, 0.1) is 11.0 Å². The van der Waals surface area contributed by atoms with Crippen LogP contribution in [0.15, 0.2) is 24.3 Å². The molecule has 0 aliphatic carbocycles. The molecule has 0 unspecified atom stereocenters. The lowest BCUT2D eigenvalue weighted by Crippen LogP contribution is -2.23. The Morgan fingerprint density at radius 1 is 1.39 bits per heavy atom. The number of benzene rings is 1. The molecule has 0 aromatic heterocycles. The molecular formula is C12H18N2O3S. The minimum absolute atomic E-state index is 0.0610. The first kappa shape index (κ1) is 14.5. The highest BCUT2D eigenvalue weighted by Gasteiger charge is 2.15. The number of sulfone groups is 1. The lowest BCUT2D eigenvalue weighted by atomic mass is 10.2. The Bertz CT molecular complexity index is 524. The van der Waals surface area contributed by atoms with Gasteiger partial charge in [-0.1, -0.05) is 6.07 Å². The summed E-state index contributed by atoms with van der Waals surface area (Å²) in [6.45, 7) is 3.62. The molecule has 1 aromatic carbocycles. The zero-order valence-electron chi connectivity index (χ0n) is 10.5. The van der Waals surface area contributed by atoms with Gasteiger partial charge in [0, 0.05) is 17.8 Å². The third-order valence-electron chi connectivity index (χ3n) is 2.58. The molecule has 18 heavy (non-hydrogen) atoms. The van der Waals surface area contributed by atoms with Crippen LogP contribution in [0.3, 0.4) is 0 Å². The van der Waals surface area contributed by atoms with Gasteiger partial charge in [-0.2, -0.15) is 0 Å². The second-order valence-corrected chi connectivity index (χ2v) is 6.96. The number of carbonyl (C=O) groups excluding carboxylic acids is 1. The van der Waals surface area contributed by atoms with Crippen molar-refractivity contribution >= 4 is 21.4 Å². The number of primary amides is 1. The number of anilines is 1. The Labute approximate surface area is 107 Å². The van der Waals surface area contributed by atoms with Gasteiger partial charge in [0.15, 0.2) is 9.84 Å². The number of hydrogen-bond acceptors (Lipinski definition) is 4. The summed E-state index contributed by atoms with van der Waals surface area (Å²) in [6.07, 6.45) is 0. The maximum Gasteiger partial charge on any atom is 0.248 e. The van der Waals surface area contributed by atoms with Crippen LogP contribution in [0.25, 0.3) is 0 Å². The van der Waals surface area contributed by atoms with Crippen LogP contribution < -0.4 is 11.1 Å². The Balaban J connectivity index is 2.60. The molecule has 0 spiro atoms. The molecule has 1 rings (SSSR count). The Hall–Kier alpha value is -1.56. The molecule has 1 amide bonds. The third-order valence-corrected chi connectivity index (χ3v) is 4.79. The predicted molar refractivity (Wildman–Crippen MR) is 72.4 cm³/mol. The largest absolute Gasteiger partial charge is 0.384 e. The summed E-state index contributed by atoms with van der Waals surface area (Å²) in [5, 5.41) is 2.59.